The molecule has 3 rings (SSSR count). The molecule has 1 atom stereocenters. The van der Waals surface area contributed by atoms with E-state index in [1.54, 1.807) is 30.4 Å². The van der Waals surface area contributed by atoms with Gasteiger partial charge in [-0.1, -0.05) is 18.2 Å². The fraction of sp³-hybridized carbons (Fsp3) is 0.211. The lowest BCUT2D eigenvalue weighted by Gasteiger charge is -2.14. The fourth-order valence-electron chi connectivity index (χ4n) is 2.69. The molecule has 1 amide bonds. The molecule has 0 bridgehead atoms. The number of nitrogens with zero attached hydrogens (tertiary/aromatic N) is 3. The van der Waals surface area contributed by atoms with E-state index in [4.69, 9.17) is 4.74 Å². The van der Waals surface area contributed by atoms with Gasteiger partial charge in [0.1, 0.15) is 11.4 Å². The SMILES string of the molecule is COc1ccccc1-n1cc(C(=O)N[C@@H](C)c2ncccc2C)cn1. The Labute approximate surface area is 146 Å². The second-order valence-electron chi connectivity index (χ2n) is 5.75. The molecule has 0 saturated heterocycles. The molecule has 0 aliphatic carbocycles. The lowest BCUT2D eigenvalue weighted by atomic mass is 10.1. The van der Waals surface area contributed by atoms with E-state index >= 15 is 0 Å². The number of benzene rings is 1. The summed E-state index contributed by atoms with van der Waals surface area (Å²) in [5, 5.41) is 7.23. The molecule has 0 radical (unpaired) electrons. The first-order valence-corrected chi connectivity index (χ1v) is 8.00. The first-order valence-electron chi connectivity index (χ1n) is 8.00. The van der Waals surface area contributed by atoms with Crippen molar-refractivity contribution in [3.05, 3.63) is 71.8 Å². The van der Waals surface area contributed by atoms with Crippen molar-refractivity contribution in [3.8, 4) is 11.4 Å². The van der Waals surface area contributed by atoms with E-state index in [1.165, 1.54) is 0 Å². The topological polar surface area (TPSA) is 69.0 Å². The van der Waals surface area contributed by atoms with Crippen LogP contribution in [-0.2, 0) is 0 Å². The van der Waals surface area contributed by atoms with Crippen LogP contribution in [0, 0.1) is 6.92 Å². The third-order valence-corrected chi connectivity index (χ3v) is 3.98. The highest BCUT2D eigenvalue weighted by Crippen LogP contribution is 2.22. The normalized spacial score (nSPS) is 11.8. The summed E-state index contributed by atoms with van der Waals surface area (Å²) in [4.78, 5) is 16.9. The molecule has 6 nitrogen and oxygen atoms in total. The van der Waals surface area contributed by atoms with E-state index in [0.717, 1.165) is 16.9 Å². The molecule has 0 spiro atoms. The van der Waals surface area contributed by atoms with Crippen LogP contribution < -0.4 is 10.1 Å². The Hall–Kier alpha value is -3.15. The molecular weight excluding hydrogens is 316 g/mol. The first kappa shape index (κ1) is 16.7. The second kappa shape index (κ2) is 7.17. The molecule has 2 heterocycles. The van der Waals surface area contributed by atoms with Crippen molar-refractivity contribution in [2.45, 2.75) is 19.9 Å². The van der Waals surface area contributed by atoms with Gasteiger partial charge < -0.3 is 10.1 Å². The van der Waals surface area contributed by atoms with Crippen molar-refractivity contribution >= 4 is 5.91 Å². The largest absolute Gasteiger partial charge is 0.494 e. The number of hydrogen-bond acceptors (Lipinski definition) is 4. The van der Waals surface area contributed by atoms with Crippen molar-refractivity contribution in [1.29, 1.82) is 0 Å². The number of hydrogen-bond donors (Lipinski definition) is 1. The highest BCUT2D eigenvalue weighted by atomic mass is 16.5. The van der Waals surface area contributed by atoms with Crippen LogP contribution in [0.2, 0.25) is 0 Å². The predicted molar refractivity (Wildman–Crippen MR) is 95.0 cm³/mol. The Kier molecular flexibility index (Phi) is 4.79. The standard InChI is InChI=1S/C19H20N4O2/c1-13-7-6-10-20-18(13)14(2)22-19(24)15-11-21-23(12-15)16-8-4-5-9-17(16)25-3/h4-12,14H,1-3H3,(H,22,24)/t14-/m0/s1. The van der Waals surface area contributed by atoms with E-state index in [2.05, 4.69) is 15.4 Å². The molecule has 25 heavy (non-hydrogen) atoms. The van der Waals surface area contributed by atoms with Gasteiger partial charge in [-0.3, -0.25) is 9.78 Å². The fourth-order valence-corrected chi connectivity index (χ4v) is 2.69. The van der Waals surface area contributed by atoms with Gasteiger partial charge >= 0.3 is 0 Å². The number of pyridine rings is 1. The predicted octanol–water partition coefficient (Wildman–Crippen LogP) is 3.08. The highest BCUT2D eigenvalue weighted by Gasteiger charge is 2.16. The van der Waals surface area contributed by atoms with Crippen LogP contribution in [0.1, 0.15) is 34.6 Å². The monoisotopic (exact) mass is 336 g/mol. The number of aryl methyl sites for hydroxylation is 1. The van der Waals surface area contributed by atoms with Gasteiger partial charge in [-0.25, -0.2) is 4.68 Å². The zero-order valence-electron chi connectivity index (χ0n) is 14.4. The number of carbonyl (C=O) groups is 1. The second-order valence-corrected chi connectivity index (χ2v) is 5.75. The Morgan fingerprint density at radius 1 is 1.24 bits per heavy atom. The number of methoxy groups -OCH3 is 1. The quantitative estimate of drug-likeness (QED) is 0.777. The average molecular weight is 336 g/mol. The number of aromatic nitrogens is 3. The minimum atomic E-state index is -0.196. The Morgan fingerprint density at radius 2 is 2.04 bits per heavy atom. The van der Waals surface area contributed by atoms with Gasteiger partial charge in [0.25, 0.3) is 5.91 Å². The van der Waals surface area contributed by atoms with Crippen LogP contribution >= 0.6 is 0 Å². The van der Waals surface area contributed by atoms with Crippen LogP contribution in [0.4, 0.5) is 0 Å². The molecule has 0 unspecified atom stereocenters. The summed E-state index contributed by atoms with van der Waals surface area (Å²) in [5.41, 5.74) is 3.15. The third-order valence-electron chi connectivity index (χ3n) is 3.98. The maximum atomic E-state index is 12.5. The van der Waals surface area contributed by atoms with E-state index in [0.29, 0.717) is 11.3 Å². The summed E-state index contributed by atoms with van der Waals surface area (Å²) in [6, 6.07) is 11.2. The van der Waals surface area contributed by atoms with Gasteiger partial charge in [-0.15, -0.1) is 0 Å². The van der Waals surface area contributed by atoms with Gasteiger partial charge in [-0.05, 0) is 37.6 Å². The molecule has 1 N–H and O–H groups in total. The maximum Gasteiger partial charge on any atom is 0.255 e. The smallest absolute Gasteiger partial charge is 0.255 e. The van der Waals surface area contributed by atoms with Crippen molar-refractivity contribution in [2.24, 2.45) is 0 Å². The van der Waals surface area contributed by atoms with Gasteiger partial charge in [0.2, 0.25) is 0 Å². The highest BCUT2D eigenvalue weighted by molar-refractivity contribution is 5.94. The summed E-state index contributed by atoms with van der Waals surface area (Å²) < 4.78 is 6.96. The van der Waals surface area contributed by atoms with Crippen LogP contribution in [-0.4, -0.2) is 27.8 Å². The van der Waals surface area contributed by atoms with Crippen molar-refractivity contribution < 1.29 is 9.53 Å². The maximum absolute atomic E-state index is 12.5. The van der Waals surface area contributed by atoms with Gasteiger partial charge in [0.05, 0.1) is 30.6 Å². The minimum Gasteiger partial charge on any atom is -0.494 e. The zero-order chi connectivity index (χ0) is 17.8. The van der Waals surface area contributed by atoms with Crippen LogP contribution in [0.5, 0.6) is 5.75 Å². The van der Waals surface area contributed by atoms with Gasteiger partial charge in [0.15, 0.2) is 0 Å². The summed E-state index contributed by atoms with van der Waals surface area (Å²) in [7, 11) is 1.60. The van der Waals surface area contributed by atoms with Crippen molar-refractivity contribution in [3.63, 3.8) is 0 Å². The Balaban J connectivity index is 1.78. The molecular formula is C19H20N4O2. The summed E-state index contributed by atoms with van der Waals surface area (Å²) in [6.45, 7) is 3.89. The summed E-state index contributed by atoms with van der Waals surface area (Å²) >= 11 is 0. The van der Waals surface area contributed by atoms with Crippen molar-refractivity contribution in [1.82, 2.24) is 20.1 Å². The molecule has 6 heteroatoms. The van der Waals surface area contributed by atoms with Gasteiger partial charge in [0, 0.05) is 12.4 Å². The van der Waals surface area contributed by atoms with E-state index in [-0.39, 0.29) is 11.9 Å². The van der Waals surface area contributed by atoms with Crippen LogP contribution in [0.15, 0.2) is 55.0 Å². The summed E-state index contributed by atoms with van der Waals surface area (Å²) in [5.74, 6) is 0.494. The molecule has 0 aliphatic rings. The minimum absolute atomic E-state index is 0.191. The zero-order valence-corrected chi connectivity index (χ0v) is 14.4. The Morgan fingerprint density at radius 3 is 2.80 bits per heavy atom. The molecule has 0 fully saturated rings. The molecule has 2 aromatic heterocycles. The lowest BCUT2D eigenvalue weighted by molar-refractivity contribution is 0.0939. The molecule has 3 aromatic rings. The van der Waals surface area contributed by atoms with E-state index < -0.39 is 0 Å². The first-order chi connectivity index (χ1) is 12.1. The molecule has 128 valence electrons. The van der Waals surface area contributed by atoms with Crippen LogP contribution in [0.25, 0.3) is 5.69 Å². The molecule has 0 saturated carbocycles. The Bertz CT molecular complexity index is 888. The lowest BCUT2D eigenvalue weighted by Crippen LogP contribution is -2.27. The van der Waals surface area contributed by atoms with Crippen molar-refractivity contribution in [2.75, 3.05) is 7.11 Å². The number of carbonyl (C=O) groups excluding carboxylic acids is 1. The number of rotatable bonds is 5. The van der Waals surface area contributed by atoms with Gasteiger partial charge in [-0.2, -0.15) is 5.10 Å². The summed E-state index contributed by atoms with van der Waals surface area (Å²) in [6.07, 6.45) is 4.95. The molecule has 1 aromatic carbocycles. The van der Waals surface area contributed by atoms with Crippen LogP contribution in [0.3, 0.4) is 0 Å². The number of para-hydroxylation sites is 2. The number of amides is 1. The average Bonchev–Trinajstić information content (AvgIpc) is 3.12. The molecule has 0 aliphatic heterocycles. The van der Waals surface area contributed by atoms with E-state index in [1.807, 2.05) is 50.2 Å². The number of nitrogens with one attached hydrogen (secondary N) is 1. The van der Waals surface area contributed by atoms with E-state index in [9.17, 15) is 4.79 Å². The third kappa shape index (κ3) is 3.52. The number of ether oxygens (including phenoxy) is 1.